The molecule has 17 heavy (non-hydrogen) atoms. The van der Waals surface area contributed by atoms with Gasteiger partial charge in [-0.3, -0.25) is 0 Å². The summed E-state index contributed by atoms with van der Waals surface area (Å²) in [5.41, 5.74) is 4.46. The molecule has 0 fully saturated rings. The van der Waals surface area contributed by atoms with Crippen LogP contribution in [-0.4, -0.2) is 26.2 Å². The first-order valence-corrected chi connectivity index (χ1v) is 6.78. The van der Waals surface area contributed by atoms with Crippen LogP contribution >= 0.6 is 0 Å². The molecule has 1 unspecified atom stereocenters. The molecule has 94 valence electrons. The van der Waals surface area contributed by atoms with Crippen LogP contribution in [0, 0.1) is 0 Å². The van der Waals surface area contributed by atoms with Gasteiger partial charge in [0.25, 0.3) is 0 Å². The van der Waals surface area contributed by atoms with Crippen molar-refractivity contribution in [3.05, 3.63) is 29.3 Å². The van der Waals surface area contributed by atoms with Gasteiger partial charge in [-0.2, -0.15) is 0 Å². The van der Waals surface area contributed by atoms with E-state index in [4.69, 9.17) is 0 Å². The van der Waals surface area contributed by atoms with Crippen LogP contribution in [0.15, 0.2) is 18.2 Å². The molecule has 0 aromatic heterocycles. The van der Waals surface area contributed by atoms with Gasteiger partial charge in [0.05, 0.1) is 0 Å². The summed E-state index contributed by atoms with van der Waals surface area (Å²) in [6.45, 7) is 6.88. The Bertz CT molecular complexity index is 371. The fourth-order valence-electron chi connectivity index (χ4n) is 2.58. The molecular weight excluding hydrogens is 208 g/mol. The maximum Gasteiger partial charge on any atom is 0.0402 e. The molecule has 1 aliphatic heterocycles. The van der Waals surface area contributed by atoms with Crippen LogP contribution in [0.25, 0.3) is 0 Å². The maximum atomic E-state index is 3.30. The minimum absolute atomic E-state index is 0.550. The van der Waals surface area contributed by atoms with E-state index in [0.29, 0.717) is 6.04 Å². The normalized spacial score (nSPS) is 16.1. The van der Waals surface area contributed by atoms with Crippen LogP contribution in [-0.2, 0) is 12.8 Å². The van der Waals surface area contributed by atoms with E-state index in [-0.39, 0.29) is 0 Å². The maximum absolute atomic E-state index is 3.30. The molecule has 0 saturated carbocycles. The van der Waals surface area contributed by atoms with Crippen molar-refractivity contribution in [1.82, 2.24) is 5.32 Å². The van der Waals surface area contributed by atoms with E-state index in [1.807, 2.05) is 7.05 Å². The quantitative estimate of drug-likeness (QED) is 0.839. The molecule has 0 amide bonds. The highest BCUT2D eigenvalue weighted by molar-refractivity contribution is 5.59. The topological polar surface area (TPSA) is 15.3 Å². The van der Waals surface area contributed by atoms with Crippen molar-refractivity contribution in [3.63, 3.8) is 0 Å². The predicted octanol–water partition coefficient (Wildman–Crippen LogP) is 2.61. The average Bonchev–Trinajstić information content (AvgIpc) is 2.73. The van der Waals surface area contributed by atoms with Gasteiger partial charge in [-0.15, -0.1) is 0 Å². The number of nitrogens with zero attached hydrogens (tertiary/aromatic N) is 1. The van der Waals surface area contributed by atoms with Crippen molar-refractivity contribution in [2.75, 3.05) is 25.0 Å². The fourth-order valence-corrected chi connectivity index (χ4v) is 2.58. The summed E-state index contributed by atoms with van der Waals surface area (Å²) >= 11 is 0. The fraction of sp³-hybridized carbons (Fsp3) is 0.600. The van der Waals surface area contributed by atoms with E-state index >= 15 is 0 Å². The third kappa shape index (κ3) is 2.81. The first kappa shape index (κ1) is 12.4. The molecule has 0 spiro atoms. The Morgan fingerprint density at radius 2 is 2.24 bits per heavy atom. The van der Waals surface area contributed by atoms with E-state index in [1.165, 1.54) is 42.7 Å². The van der Waals surface area contributed by atoms with Crippen molar-refractivity contribution in [2.45, 2.75) is 39.2 Å². The smallest absolute Gasteiger partial charge is 0.0402 e. The van der Waals surface area contributed by atoms with Gasteiger partial charge in [-0.1, -0.05) is 19.1 Å². The van der Waals surface area contributed by atoms with Gasteiger partial charge in [0.1, 0.15) is 0 Å². The van der Waals surface area contributed by atoms with Crippen molar-refractivity contribution < 1.29 is 0 Å². The van der Waals surface area contributed by atoms with Crippen LogP contribution in [0.2, 0.25) is 0 Å². The molecule has 2 rings (SSSR count). The molecule has 0 saturated heterocycles. The van der Waals surface area contributed by atoms with Gasteiger partial charge in [0.2, 0.25) is 0 Å². The molecule has 2 nitrogen and oxygen atoms in total. The Morgan fingerprint density at radius 3 is 2.94 bits per heavy atom. The van der Waals surface area contributed by atoms with E-state index < -0.39 is 0 Å². The molecule has 1 N–H and O–H groups in total. The van der Waals surface area contributed by atoms with Crippen LogP contribution in [0.3, 0.4) is 0 Å². The Balaban J connectivity index is 2.15. The third-order valence-corrected chi connectivity index (χ3v) is 3.67. The molecular formula is C15H24N2. The van der Waals surface area contributed by atoms with Crippen molar-refractivity contribution in [1.29, 1.82) is 0 Å². The van der Waals surface area contributed by atoms with Crippen LogP contribution in [0.1, 0.15) is 31.4 Å². The number of hydrogen-bond donors (Lipinski definition) is 1. The summed E-state index contributed by atoms with van der Waals surface area (Å²) in [7, 11) is 2.03. The van der Waals surface area contributed by atoms with Crippen LogP contribution in [0.4, 0.5) is 5.69 Å². The highest BCUT2D eigenvalue weighted by Crippen LogP contribution is 2.29. The van der Waals surface area contributed by atoms with Crippen LogP contribution in [0.5, 0.6) is 0 Å². The lowest BCUT2D eigenvalue weighted by Crippen LogP contribution is -2.24. The second-order valence-corrected chi connectivity index (χ2v) is 5.09. The van der Waals surface area contributed by atoms with E-state index in [1.54, 1.807) is 0 Å². The highest BCUT2D eigenvalue weighted by atomic mass is 15.1. The first-order valence-electron chi connectivity index (χ1n) is 6.78. The second kappa shape index (κ2) is 5.54. The molecule has 1 aromatic rings. The molecule has 1 aromatic carbocycles. The van der Waals surface area contributed by atoms with Gasteiger partial charge in [0, 0.05) is 24.8 Å². The van der Waals surface area contributed by atoms with Gasteiger partial charge >= 0.3 is 0 Å². The minimum atomic E-state index is 0.550. The second-order valence-electron chi connectivity index (χ2n) is 5.09. The number of benzene rings is 1. The molecule has 1 heterocycles. The Morgan fingerprint density at radius 1 is 1.41 bits per heavy atom. The largest absolute Gasteiger partial charge is 0.371 e. The minimum Gasteiger partial charge on any atom is -0.371 e. The lowest BCUT2D eigenvalue weighted by Gasteiger charge is -2.19. The summed E-state index contributed by atoms with van der Waals surface area (Å²) in [6, 6.07) is 7.56. The SMILES string of the molecule is CCCN1CCc2ccc(CC(C)NC)cc21. The summed E-state index contributed by atoms with van der Waals surface area (Å²) < 4.78 is 0. The van der Waals surface area contributed by atoms with E-state index in [2.05, 4.69) is 42.3 Å². The number of hydrogen-bond acceptors (Lipinski definition) is 2. The van der Waals surface area contributed by atoms with Crippen molar-refractivity contribution in [3.8, 4) is 0 Å². The van der Waals surface area contributed by atoms with Crippen LogP contribution < -0.4 is 10.2 Å². The monoisotopic (exact) mass is 232 g/mol. The Labute approximate surface area is 105 Å². The summed E-state index contributed by atoms with van der Waals surface area (Å²) in [5.74, 6) is 0. The third-order valence-electron chi connectivity index (χ3n) is 3.67. The highest BCUT2D eigenvalue weighted by Gasteiger charge is 2.18. The summed E-state index contributed by atoms with van der Waals surface area (Å²) in [4.78, 5) is 2.53. The number of likely N-dealkylation sites (N-methyl/N-ethyl adjacent to an activating group) is 1. The average molecular weight is 232 g/mol. The van der Waals surface area contributed by atoms with Gasteiger partial charge in [-0.25, -0.2) is 0 Å². The zero-order chi connectivity index (χ0) is 12.3. The molecule has 1 atom stereocenters. The molecule has 0 radical (unpaired) electrons. The van der Waals surface area contributed by atoms with Crippen molar-refractivity contribution >= 4 is 5.69 Å². The molecule has 0 bridgehead atoms. The van der Waals surface area contributed by atoms with Crippen molar-refractivity contribution in [2.24, 2.45) is 0 Å². The summed E-state index contributed by atoms with van der Waals surface area (Å²) in [6.07, 6.45) is 3.57. The molecule has 1 aliphatic rings. The predicted molar refractivity (Wildman–Crippen MR) is 74.9 cm³/mol. The first-order chi connectivity index (χ1) is 8.24. The van der Waals surface area contributed by atoms with Gasteiger partial charge in [-0.05, 0) is 50.4 Å². The standard InChI is InChI=1S/C15H24N2/c1-4-8-17-9-7-14-6-5-13(11-15(14)17)10-12(2)16-3/h5-6,11-12,16H,4,7-10H2,1-3H3. The molecule has 0 aliphatic carbocycles. The number of nitrogens with one attached hydrogen (secondary N) is 1. The van der Waals surface area contributed by atoms with Gasteiger partial charge < -0.3 is 10.2 Å². The van der Waals surface area contributed by atoms with E-state index in [9.17, 15) is 0 Å². The van der Waals surface area contributed by atoms with Gasteiger partial charge in [0.15, 0.2) is 0 Å². The number of fused-ring (bicyclic) bond motifs is 1. The molecule has 2 heteroatoms. The lowest BCUT2D eigenvalue weighted by molar-refractivity contribution is 0.608. The Hall–Kier alpha value is -1.02. The number of anilines is 1. The van der Waals surface area contributed by atoms with E-state index in [0.717, 1.165) is 6.42 Å². The zero-order valence-corrected chi connectivity index (χ0v) is 11.3. The summed E-state index contributed by atoms with van der Waals surface area (Å²) in [5, 5.41) is 3.30. The zero-order valence-electron chi connectivity index (χ0n) is 11.3. The number of rotatable bonds is 5. The lowest BCUT2D eigenvalue weighted by atomic mass is 10.0. The Kier molecular flexibility index (Phi) is 4.06.